The van der Waals surface area contributed by atoms with Gasteiger partial charge in [-0.15, -0.1) is 0 Å². The third-order valence-corrected chi connectivity index (χ3v) is 6.80. The van der Waals surface area contributed by atoms with Crippen LogP contribution in [0.5, 0.6) is 5.75 Å². The number of ether oxygens (including phenoxy) is 1. The monoisotopic (exact) mass is 478 g/mol. The predicted octanol–water partition coefficient (Wildman–Crippen LogP) is 3.35. The SMILES string of the molecule is COc1cccc(NC(=O)CN2CN(c3ccccc3)C3(CCN(C(=O)CC(C)C)CC3)C2=O)c1. The number of rotatable bonds is 7. The number of hydrogen-bond donors (Lipinski definition) is 1. The Morgan fingerprint density at radius 1 is 1.06 bits per heavy atom. The van der Waals surface area contributed by atoms with Gasteiger partial charge in [0.2, 0.25) is 11.8 Å². The molecule has 2 fully saturated rings. The van der Waals surface area contributed by atoms with Crippen LogP contribution in [-0.2, 0) is 14.4 Å². The van der Waals surface area contributed by atoms with E-state index in [4.69, 9.17) is 4.74 Å². The van der Waals surface area contributed by atoms with Gasteiger partial charge < -0.3 is 24.8 Å². The molecular weight excluding hydrogens is 444 g/mol. The molecule has 1 N–H and O–H groups in total. The molecule has 0 atom stereocenters. The van der Waals surface area contributed by atoms with Gasteiger partial charge in [0.15, 0.2) is 0 Å². The highest BCUT2D eigenvalue weighted by Gasteiger charge is 2.54. The van der Waals surface area contributed by atoms with Gasteiger partial charge in [-0.25, -0.2) is 0 Å². The van der Waals surface area contributed by atoms with Crippen molar-refractivity contribution in [2.24, 2.45) is 5.92 Å². The molecular formula is C27H34N4O4. The molecule has 2 aliphatic rings. The first kappa shape index (κ1) is 24.6. The van der Waals surface area contributed by atoms with Gasteiger partial charge in [0, 0.05) is 37.0 Å². The summed E-state index contributed by atoms with van der Waals surface area (Å²) >= 11 is 0. The average Bonchev–Trinajstić information content (AvgIpc) is 3.10. The number of piperidine rings is 1. The van der Waals surface area contributed by atoms with Gasteiger partial charge in [-0.1, -0.05) is 38.1 Å². The Hall–Kier alpha value is -3.55. The Kier molecular flexibility index (Phi) is 7.28. The van der Waals surface area contributed by atoms with Crippen LogP contribution in [0.3, 0.4) is 0 Å². The van der Waals surface area contributed by atoms with Crippen molar-refractivity contribution >= 4 is 29.1 Å². The van der Waals surface area contributed by atoms with Gasteiger partial charge in [-0.3, -0.25) is 14.4 Å². The molecule has 2 aromatic carbocycles. The van der Waals surface area contributed by atoms with E-state index in [1.54, 1.807) is 36.3 Å². The fourth-order valence-electron chi connectivity index (χ4n) is 5.00. The zero-order chi connectivity index (χ0) is 25.0. The van der Waals surface area contributed by atoms with Gasteiger partial charge in [-0.2, -0.15) is 0 Å². The van der Waals surface area contributed by atoms with Crippen LogP contribution in [0.15, 0.2) is 54.6 Å². The molecule has 2 aliphatic heterocycles. The van der Waals surface area contributed by atoms with Crippen LogP contribution in [0.4, 0.5) is 11.4 Å². The van der Waals surface area contributed by atoms with Crippen LogP contribution in [0.2, 0.25) is 0 Å². The van der Waals surface area contributed by atoms with E-state index in [0.717, 1.165) is 5.69 Å². The smallest absolute Gasteiger partial charge is 0.250 e. The second kappa shape index (κ2) is 10.4. The van der Waals surface area contributed by atoms with E-state index in [2.05, 4.69) is 10.2 Å². The summed E-state index contributed by atoms with van der Waals surface area (Å²) in [6.45, 7) is 5.42. The van der Waals surface area contributed by atoms with E-state index in [9.17, 15) is 14.4 Å². The van der Waals surface area contributed by atoms with Gasteiger partial charge in [0.25, 0.3) is 5.91 Å². The molecule has 35 heavy (non-hydrogen) atoms. The van der Waals surface area contributed by atoms with Crippen molar-refractivity contribution in [2.45, 2.75) is 38.6 Å². The molecule has 2 aromatic rings. The number of carbonyl (C=O) groups is 3. The number of para-hydroxylation sites is 1. The Morgan fingerprint density at radius 2 is 1.77 bits per heavy atom. The van der Waals surface area contributed by atoms with E-state index in [1.807, 2.05) is 49.1 Å². The predicted molar refractivity (Wildman–Crippen MR) is 135 cm³/mol. The zero-order valence-corrected chi connectivity index (χ0v) is 20.7. The van der Waals surface area contributed by atoms with Gasteiger partial charge in [0.1, 0.15) is 17.8 Å². The highest BCUT2D eigenvalue weighted by Crippen LogP contribution is 2.39. The maximum atomic E-state index is 13.8. The second-order valence-electron chi connectivity index (χ2n) is 9.70. The van der Waals surface area contributed by atoms with Crippen LogP contribution >= 0.6 is 0 Å². The minimum absolute atomic E-state index is 0.0445. The number of carbonyl (C=O) groups excluding carboxylic acids is 3. The Bertz CT molecular complexity index is 1060. The standard InChI is InChI=1S/C27H34N4O4/c1-20(2)16-25(33)29-14-12-27(13-15-29)26(34)30(19-31(27)22-9-5-4-6-10-22)18-24(32)28-21-8-7-11-23(17-21)35-3/h4-11,17,20H,12-16,18-19H2,1-3H3,(H,28,32). The molecule has 8 heteroatoms. The number of nitrogens with one attached hydrogen (secondary N) is 1. The molecule has 0 radical (unpaired) electrons. The second-order valence-corrected chi connectivity index (χ2v) is 9.70. The lowest BCUT2D eigenvalue weighted by Gasteiger charge is -2.43. The molecule has 2 heterocycles. The molecule has 4 rings (SSSR count). The van der Waals surface area contributed by atoms with Crippen LogP contribution < -0.4 is 15.0 Å². The fourth-order valence-corrected chi connectivity index (χ4v) is 5.00. The van der Waals surface area contributed by atoms with Crippen LogP contribution in [0, 0.1) is 5.92 Å². The topological polar surface area (TPSA) is 82.2 Å². The number of benzene rings is 2. The summed E-state index contributed by atoms with van der Waals surface area (Å²) in [5.41, 5.74) is 0.803. The Morgan fingerprint density at radius 3 is 2.43 bits per heavy atom. The summed E-state index contributed by atoms with van der Waals surface area (Å²) in [5.74, 6) is 0.763. The number of methoxy groups -OCH3 is 1. The number of amides is 3. The van der Waals surface area contributed by atoms with Crippen molar-refractivity contribution in [1.29, 1.82) is 0 Å². The van der Waals surface area contributed by atoms with Gasteiger partial charge in [0.05, 0.1) is 13.8 Å². The first-order valence-electron chi connectivity index (χ1n) is 12.2. The molecule has 0 bridgehead atoms. The molecule has 3 amide bonds. The Balaban J connectivity index is 1.50. The largest absolute Gasteiger partial charge is 0.497 e. The number of likely N-dealkylation sites (tertiary alicyclic amines) is 1. The fraction of sp³-hybridized carbons (Fsp3) is 0.444. The summed E-state index contributed by atoms with van der Waals surface area (Å²) in [6, 6.07) is 17.0. The number of hydrogen-bond acceptors (Lipinski definition) is 5. The summed E-state index contributed by atoms with van der Waals surface area (Å²) in [7, 11) is 1.57. The van der Waals surface area contributed by atoms with E-state index in [0.29, 0.717) is 56.4 Å². The lowest BCUT2D eigenvalue weighted by Crippen LogP contribution is -2.57. The van der Waals surface area contributed by atoms with E-state index in [-0.39, 0.29) is 24.3 Å². The first-order chi connectivity index (χ1) is 16.8. The first-order valence-corrected chi connectivity index (χ1v) is 12.2. The highest BCUT2D eigenvalue weighted by atomic mass is 16.5. The van der Waals surface area contributed by atoms with Crippen molar-refractivity contribution < 1.29 is 19.1 Å². The summed E-state index contributed by atoms with van der Waals surface area (Å²) in [5, 5.41) is 2.87. The van der Waals surface area contributed by atoms with Crippen molar-refractivity contribution in [3.05, 3.63) is 54.6 Å². The quantitative estimate of drug-likeness (QED) is 0.660. The summed E-state index contributed by atoms with van der Waals surface area (Å²) < 4.78 is 5.22. The molecule has 0 aliphatic carbocycles. The van der Waals surface area contributed by atoms with Crippen molar-refractivity contribution in [2.75, 3.05) is 43.6 Å². The highest BCUT2D eigenvalue weighted by molar-refractivity contribution is 5.99. The van der Waals surface area contributed by atoms with E-state index >= 15 is 0 Å². The summed E-state index contributed by atoms with van der Waals surface area (Å²) in [6.07, 6.45) is 1.59. The number of nitrogens with zero attached hydrogens (tertiary/aromatic N) is 3. The molecule has 8 nitrogen and oxygen atoms in total. The maximum Gasteiger partial charge on any atom is 0.250 e. The molecule has 0 aromatic heterocycles. The molecule has 186 valence electrons. The van der Waals surface area contributed by atoms with E-state index < -0.39 is 5.54 Å². The third kappa shape index (κ3) is 5.26. The van der Waals surface area contributed by atoms with Gasteiger partial charge in [-0.05, 0) is 43.0 Å². The minimum Gasteiger partial charge on any atom is -0.497 e. The van der Waals surface area contributed by atoms with Crippen LogP contribution in [-0.4, -0.2) is 66.5 Å². The zero-order valence-electron chi connectivity index (χ0n) is 20.7. The Labute approximate surface area is 206 Å². The summed E-state index contributed by atoms with van der Waals surface area (Å²) in [4.78, 5) is 44.9. The molecule has 1 spiro atoms. The normalized spacial score (nSPS) is 17.3. The van der Waals surface area contributed by atoms with Crippen LogP contribution in [0.1, 0.15) is 33.1 Å². The molecule has 0 saturated carbocycles. The third-order valence-electron chi connectivity index (χ3n) is 6.80. The van der Waals surface area contributed by atoms with Crippen molar-refractivity contribution in [3.8, 4) is 5.75 Å². The molecule has 0 unspecified atom stereocenters. The lowest BCUT2D eigenvalue weighted by atomic mass is 9.85. The minimum atomic E-state index is -0.758. The lowest BCUT2D eigenvalue weighted by molar-refractivity contribution is -0.139. The number of anilines is 2. The van der Waals surface area contributed by atoms with Gasteiger partial charge >= 0.3 is 0 Å². The van der Waals surface area contributed by atoms with Crippen molar-refractivity contribution in [3.63, 3.8) is 0 Å². The van der Waals surface area contributed by atoms with E-state index in [1.165, 1.54) is 0 Å². The maximum absolute atomic E-state index is 13.8. The van der Waals surface area contributed by atoms with Crippen molar-refractivity contribution in [1.82, 2.24) is 9.80 Å². The van der Waals surface area contributed by atoms with Crippen LogP contribution in [0.25, 0.3) is 0 Å². The molecule has 2 saturated heterocycles. The average molecular weight is 479 g/mol.